The second-order valence-electron chi connectivity index (χ2n) is 6.20. The van der Waals surface area contributed by atoms with Gasteiger partial charge in [-0.15, -0.1) is 0 Å². The molecule has 1 unspecified atom stereocenters. The maximum Gasteiger partial charge on any atom is 0.394 e. The van der Waals surface area contributed by atoms with E-state index >= 15 is 0 Å². The van der Waals surface area contributed by atoms with Crippen molar-refractivity contribution in [2.24, 2.45) is 0 Å². The highest BCUT2D eigenvalue weighted by Crippen LogP contribution is 2.33. The number of nitriles is 1. The third kappa shape index (κ3) is 6.04. The molecule has 2 rings (SSSR count). The van der Waals surface area contributed by atoms with Gasteiger partial charge < -0.3 is 14.8 Å². The number of halogens is 3. The van der Waals surface area contributed by atoms with E-state index in [-0.39, 0.29) is 17.2 Å². The van der Waals surface area contributed by atoms with Gasteiger partial charge >= 0.3 is 6.11 Å². The Bertz CT molecular complexity index is 957. The lowest BCUT2D eigenvalue weighted by Gasteiger charge is -2.16. The van der Waals surface area contributed by atoms with E-state index in [4.69, 9.17) is 4.74 Å². The van der Waals surface area contributed by atoms with Gasteiger partial charge in [-0.05, 0) is 47.0 Å². The maximum absolute atomic E-state index is 13.5. The Kier molecular flexibility index (Phi) is 6.94. The van der Waals surface area contributed by atoms with Crippen molar-refractivity contribution in [3.8, 4) is 28.7 Å². The van der Waals surface area contributed by atoms with E-state index in [1.165, 1.54) is 25.1 Å². The average molecular weight is 402 g/mol. The highest BCUT2D eigenvalue weighted by Gasteiger charge is 2.23. The van der Waals surface area contributed by atoms with Gasteiger partial charge in [0.25, 0.3) is 0 Å². The molecule has 0 aliphatic carbocycles. The molecule has 0 aromatic heterocycles. The van der Waals surface area contributed by atoms with Crippen LogP contribution >= 0.6 is 0 Å². The van der Waals surface area contributed by atoms with E-state index in [9.17, 15) is 18.4 Å². The van der Waals surface area contributed by atoms with E-state index in [1.54, 1.807) is 37.4 Å². The van der Waals surface area contributed by atoms with E-state index in [2.05, 4.69) is 16.6 Å². The molecule has 2 aromatic rings. The third-order valence-corrected chi connectivity index (χ3v) is 3.82. The number of nitrogens with zero attached hydrogens (tertiary/aromatic N) is 1. The number of benzene rings is 2. The molecule has 1 atom stereocenters. The van der Waals surface area contributed by atoms with Gasteiger partial charge in [0.1, 0.15) is 23.3 Å². The molecule has 1 N–H and O–H groups in total. The van der Waals surface area contributed by atoms with Crippen molar-refractivity contribution >= 4 is 5.57 Å². The van der Waals surface area contributed by atoms with E-state index < -0.39 is 12.5 Å². The monoisotopic (exact) mass is 402 g/mol. The van der Waals surface area contributed by atoms with Crippen molar-refractivity contribution in [2.45, 2.75) is 26.3 Å². The number of ether oxygens (including phenoxy) is 2. The van der Waals surface area contributed by atoms with Gasteiger partial charge in [-0.3, -0.25) is 0 Å². The van der Waals surface area contributed by atoms with Crippen LogP contribution in [0, 0.1) is 11.3 Å². The standard InChI is InChI=1S/C22H21F3N2O2/c1-5-20(21(13-26)27-4)17-9-16(11-19(12-17)28-14(2)23)15-7-6-8-18(10-15)29-22(3,24)25/h5-12,14,27H,1H2,2-4H3/b21-20+. The average Bonchev–Trinajstić information content (AvgIpc) is 2.64. The Morgan fingerprint density at radius 2 is 1.90 bits per heavy atom. The molecule has 2 aromatic carbocycles. The fraction of sp³-hybridized carbons (Fsp3) is 0.227. The summed E-state index contributed by atoms with van der Waals surface area (Å²) in [6.45, 7) is 5.62. The topological polar surface area (TPSA) is 54.3 Å². The smallest absolute Gasteiger partial charge is 0.394 e. The highest BCUT2D eigenvalue weighted by molar-refractivity contribution is 5.82. The predicted molar refractivity (Wildman–Crippen MR) is 106 cm³/mol. The van der Waals surface area contributed by atoms with Gasteiger partial charge in [0.2, 0.25) is 6.36 Å². The second kappa shape index (κ2) is 9.20. The first kappa shape index (κ1) is 21.9. The van der Waals surface area contributed by atoms with Crippen molar-refractivity contribution in [1.82, 2.24) is 5.32 Å². The Morgan fingerprint density at radius 3 is 2.45 bits per heavy atom. The molecule has 0 saturated carbocycles. The maximum atomic E-state index is 13.5. The van der Waals surface area contributed by atoms with E-state index in [1.807, 2.05) is 6.07 Å². The number of nitrogens with one attached hydrogen (secondary N) is 1. The van der Waals surface area contributed by atoms with Crippen molar-refractivity contribution in [3.05, 3.63) is 66.4 Å². The molecule has 0 fully saturated rings. The summed E-state index contributed by atoms with van der Waals surface area (Å²) >= 11 is 0. The first-order valence-electron chi connectivity index (χ1n) is 8.75. The lowest BCUT2D eigenvalue weighted by Crippen LogP contribution is -2.19. The molecule has 0 aliphatic heterocycles. The first-order chi connectivity index (χ1) is 13.7. The highest BCUT2D eigenvalue weighted by atomic mass is 19.3. The number of alkyl halides is 3. The lowest BCUT2D eigenvalue weighted by atomic mass is 9.97. The number of hydrogen-bond acceptors (Lipinski definition) is 4. The van der Waals surface area contributed by atoms with Crippen molar-refractivity contribution < 1.29 is 22.6 Å². The SMILES string of the molecule is C=C/C(=C(/C#N)NC)c1cc(OC(C)F)cc(-c2cccc(OC(C)(F)F)c2)c1. The van der Waals surface area contributed by atoms with Gasteiger partial charge in [0.15, 0.2) is 0 Å². The lowest BCUT2D eigenvalue weighted by molar-refractivity contribution is -0.158. The minimum absolute atomic E-state index is 0.0193. The summed E-state index contributed by atoms with van der Waals surface area (Å²) in [5.41, 5.74) is 2.41. The predicted octanol–water partition coefficient (Wildman–Crippen LogP) is 5.68. The molecule has 152 valence electrons. The molecule has 0 radical (unpaired) electrons. The van der Waals surface area contributed by atoms with Crippen LogP contribution in [0.1, 0.15) is 19.4 Å². The van der Waals surface area contributed by atoms with Crippen LogP contribution < -0.4 is 14.8 Å². The molecule has 4 nitrogen and oxygen atoms in total. The summed E-state index contributed by atoms with van der Waals surface area (Å²) in [6.07, 6.45) is -3.40. The van der Waals surface area contributed by atoms with E-state index in [0.717, 1.165) is 0 Å². The fourth-order valence-corrected chi connectivity index (χ4v) is 2.74. The van der Waals surface area contributed by atoms with Crippen LogP contribution in [0.25, 0.3) is 16.7 Å². The largest absolute Gasteiger partial charge is 0.461 e. The molecule has 29 heavy (non-hydrogen) atoms. The van der Waals surface area contributed by atoms with E-state index in [0.29, 0.717) is 29.2 Å². The fourth-order valence-electron chi connectivity index (χ4n) is 2.74. The van der Waals surface area contributed by atoms with Gasteiger partial charge in [-0.25, -0.2) is 4.39 Å². The van der Waals surface area contributed by atoms with Crippen molar-refractivity contribution in [2.75, 3.05) is 7.05 Å². The second-order valence-corrected chi connectivity index (χ2v) is 6.20. The summed E-state index contributed by atoms with van der Waals surface area (Å²) in [4.78, 5) is 0. The van der Waals surface area contributed by atoms with Crippen molar-refractivity contribution in [1.29, 1.82) is 5.26 Å². The van der Waals surface area contributed by atoms with Crippen molar-refractivity contribution in [3.63, 3.8) is 0 Å². The number of hydrogen-bond donors (Lipinski definition) is 1. The van der Waals surface area contributed by atoms with Gasteiger partial charge in [-0.1, -0.05) is 24.8 Å². The van der Waals surface area contributed by atoms with Crippen LogP contribution in [0.3, 0.4) is 0 Å². The molecule has 0 aliphatic rings. The van der Waals surface area contributed by atoms with Gasteiger partial charge in [0, 0.05) is 26.5 Å². The zero-order valence-corrected chi connectivity index (χ0v) is 16.3. The summed E-state index contributed by atoms with van der Waals surface area (Å²) in [6, 6.07) is 13.0. The number of allylic oxidation sites excluding steroid dienone is 3. The summed E-state index contributed by atoms with van der Waals surface area (Å²) < 4.78 is 49.7. The Labute approximate surface area is 167 Å². The van der Waals surface area contributed by atoms with Crippen LogP contribution in [0.15, 0.2) is 60.8 Å². The minimum Gasteiger partial charge on any atom is -0.461 e. The summed E-state index contributed by atoms with van der Waals surface area (Å²) in [5, 5.41) is 12.1. The first-order valence-corrected chi connectivity index (χ1v) is 8.75. The summed E-state index contributed by atoms with van der Waals surface area (Å²) in [5.74, 6) is 0.196. The zero-order valence-electron chi connectivity index (χ0n) is 16.3. The normalized spacial score (nSPS) is 13.0. The molecule has 0 spiro atoms. The van der Waals surface area contributed by atoms with Crippen LogP contribution in [-0.4, -0.2) is 19.5 Å². The van der Waals surface area contributed by atoms with Crippen LogP contribution in [-0.2, 0) is 0 Å². The Hall–Kier alpha value is -3.40. The number of rotatable bonds is 8. The molecule has 7 heteroatoms. The molecule has 0 heterocycles. The van der Waals surface area contributed by atoms with Crippen LogP contribution in [0.4, 0.5) is 13.2 Å². The molecule has 0 bridgehead atoms. The molecular weight excluding hydrogens is 381 g/mol. The molecule has 0 amide bonds. The molecule has 0 saturated heterocycles. The van der Waals surface area contributed by atoms with Gasteiger partial charge in [0.05, 0.1) is 0 Å². The van der Waals surface area contributed by atoms with Gasteiger partial charge in [-0.2, -0.15) is 14.0 Å². The van der Waals surface area contributed by atoms with Crippen LogP contribution in [0.5, 0.6) is 11.5 Å². The summed E-state index contributed by atoms with van der Waals surface area (Å²) in [7, 11) is 1.60. The minimum atomic E-state index is -3.33. The third-order valence-electron chi connectivity index (χ3n) is 3.82. The zero-order chi connectivity index (χ0) is 21.6. The quantitative estimate of drug-likeness (QED) is 0.456. The van der Waals surface area contributed by atoms with Crippen LogP contribution in [0.2, 0.25) is 0 Å². The Morgan fingerprint density at radius 1 is 1.21 bits per heavy atom. The Balaban J connectivity index is 2.64. The molecular formula is C22H21F3N2O2.